The van der Waals surface area contributed by atoms with Gasteiger partial charge in [0.15, 0.2) is 0 Å². The fourth-order valence-electron chi connectivity index (χ4n) is 2.12. The smallest absolute Gasteiger partial charge is 0.246 e. The van der Waals surface area contributed by atoms with Gasteiger partial charge in [-0.3, -0.25) is 4.68 Å². The summed E-state index contributed by atoms with van der Waals surface area (Å²) in [6, 6.07) is 3.76. The van der Waals surface area contributed by atoms with Gasteiger partial charge < -0.3 is 0 Å². The summed E-state index contributed by atoms with van der Waals surface area (Å²) in [6.45, 7) is 6.26. The van der Waals surface area contributed by atoms with Crippen molar-refractivity contribution >= 4 is 33.0 Å². The molecule has 8 heteroatoms. The predicted octanol–water partition coefficient (Wildman–Crippen LogP) is 2.90. The molecule has 0 fully saturated rings. The predicted molar refractivity (Wildman–Crippen MR) is 85.6 cm³/mol. The van der Waals surface area contributed by atoms with Crippen LogP contribution in [0.3, 0.4) is 0 Å². The molecule has 0 aliphatic rings. The zero-order valence-electron chi connectivity index (χ0n) is 12.4. The average molecular weight is 348 g/mol. The monoisotopic (exact) mass is 347 g/mol. The van der Waals surface area contributed by atoms with E-state index in [2.05, 4.69) is 5.10 Å². The molecule has 2 aromatic heterocycles. The molecule has 0 saturated heterocycles. The number of thiophene rings is 1. The molecule has 116 valence electrons. The van der Waals surface area contributed by atoms with E-state index < -0.39 is 10.0 Å². The molecule has 0 bridgehead atoms. The number of rotatable bonds is 5. The highest BCUT2D eigenvalue weighted by Crippen LogP contribution is 2.26. The Morgan fingerprint density at radius 3 is 2.57 bits per heavy atom. The Hall–Kier alpha value is -0.890. The first kappa shape index (κ1) is 16.5. The van der Waals surface area contributed by atoms with Crippen LogP contribution in [0.5, 0.6) is 0 Å². The van der Waals surface area contributed by atoms with E-state index in [1.807, 2.05) is 12.1 Å². The van der Waals surface area contributed by atoms with Gasteiger partial charge in [0.1, 0.15) is 4.90 Å². The first-order valence-electron chi connectivity index (χ1n) is 6.52. The number of nitrogens with zero attached hydrogens (tertiary/aromatic N) is 3. The van der Waals surface area contributed by atoms with Crippen LogP contribution in [0.2, 0.25) is 4.34 Å². The van der Waals surface area contributed by atoms with Crippen LogP contribution in [0.25, 0.3) is 0 Å². The number of aryl methyl sites for hydroxylation is 1. The molecule has 2 rings (SSSR count). The lowest BCUT2D eigenvalue weighted by Crippen LogP contribution is -2.27. The Balaban J connectivity index is 2.43. The number of hydrogen-bond acceptors (Lipinski definition) is 4. The molecule has 0 aliphatic carbocycles. The molecule has 0 saturated carbocycles. The maximum absolute atomic E-state index is 12.5. The molecule has 2 heterocycles. The highest BCUT2D eigenvalue weighted by Gasteiger charge is 2.27. The summed E-state index contributed by atoms with van der Waals surface area (Å²) in [5.74, 6) is 0. The molecular weight excluding hydrogens is 330 g/mol. The van der Waals surface area contributed by atoms with E-state index in [-0.39, 0.29) is 0 Å². The van der Waals surface area contributed by atoms with Crippen LogP contribution in [0.4, 0.5) is 0 Å². The molecule has 5 nitrogen and oxygen atoms in total. The Kier molecular flexibility index (Phi) is 4.77. The lowest BCUT2D eigenvalue weighted by Gasteiger charge is -2.15. The van der Waals surface area contributed by atoms with Gasteiger partial charge in [-0.05, 0) is 26.0 Å². The minimum absolute atomic E-state index is 0.300. The van der Waals surface area contributed by atoms with Crippen LogP contribution < -0.4 is 0 Å². The molecule has 2 aromatic rings. The number of aromatic nitrogens is 2. The standard InChI is InChI=1S/C13H18ClN3O2S2/c1-5-16(4)21(18,19)13-9(2)15-17(10(13)3)8-11-6-7-12(14)20-11/h6-7H,5,8H2,1-4H3. The lowest BCUT2D eigenvalue weighted by molar-refractivity contribution is 0.485. The van der Waals surface area contributed by atoms with E-state index in [0.29, 0.717) is 33.7 Å². The minimum atomic E-state index is -3.49. The molecule has 0 atom stereocenters. The Morgan fingerprint density at radius 2 is 2.05 bits per heavy atom. The second-order valence-electron chi connectivity index (χ2n) is 4.78. The molecule has 0 aromatic carbocycles. The maximum atomic E-state index is 12.5. The summed E-state index contributed by atoms with van der Waals surface area (Å²) in [7, 11) is -1.92. The Bertz CT molecular complexity index is 750. The third-order valence-electron chi connectivity index (χ3n) is 3.36. The van der Waals surface area contributed by atoms with Gasteiger partial charge in [0, 0.05) is 18.5 Å². The second kappa shape index (κ2) is 6.08. The number of sulfonamides is 1. The van der Waals surface area contributed by atoms with Crippen LogP contribution in [-0.4, -0.2) is 36.1 Å². The van der Waals surface area contributed by atoms with Gasteiger partial charge in [0.25, 0.3) is 0 Å². The van der Waals surface area contributed by atoms with Crippen molar-refractivity contribution in [3.8, 4) is 0 Å². The third kappa shape index (κ3) is 3.15. The Morgan fingerprint density at radius 1 is 1.38 bits per heavy atom. The molecule has 0 spiro atoms. The number of halogens is 1. The molecule has 0 aliphatic heterocycles. The first-order valence-corrected chi connectivity index (χ1v) is 9.15. The highest BCUT2D eigenvalue weighted by atomic mass is 35.5. The van der Waals surface area contributed by atoms with E-state index in [1.165, 1.54) is 15.6 Å². The largest absolute Gasteiger partial charge is 0.263 e. The van der Waals surface area contributed by atoms with Crippen molar-refractivity contribution in [3.05, 3.63) is 32.7 Å². The lowest BCUT2D eigenvalue weighted by atomic mass is 10.4. The van der Waals surface area contributed by atoms with Crippen LogP contribution in [0.15, 0.2) is 17.0 Å². The summed E-state index contributed by atoms with van der Waals surface area (Å²) in [5.41, 5.74) is 1.17. The number of hydrogen-bond donors (Lipinski definition) is 0. The van der Waals surface area contributed by atoms with Crippen molar-refractivity contribution < 1.29 is 8.42 Å². The third-order valence-corrected chi connectivity index (χ3v) is 6.76. The van der Waals surface area contributed by atoms with Crippen LogP contribution >= 0.6 is 22.9 Å². The minimum Gasteiger partial charge on any atom is -0.263 e. The maximum Gasteiger partial charge on any atom is 0.246 e. The van der Waals surface area contributed by atoms with Gasteiger partial charge in [0.2, 0.25) is 10.0 Å². The fraction of sp³-hybridized carbons (Fsp3) is 0.462. The summed E-state index contributed by atoms with van der Waals surface area (Å²) in [6.07, 6.45) is 0. The van der Waals surface area contributed by atoms with Crippen molar-refractivity contribution in [2.45, 2.75) is 32.2 Å². The van der Waals surface area contributed by atoms with Gasteiger partial charge in [-0.25, -0.2) is 12.7 Å². The van der Waals surface area contributed by atoms with Crippen molar-refractivity contribution in [1.29, 1.82) is 0 Å². The second-order valence-corrected chi connectivity index (χ2v) is 8.56. The molecule has 0 N–H and O–H groups in total. The summed E-state index contributed by atoms with van der Waals surface area (Å²) in [4.78, 5) is 1.34. The van der Waals surface area contributed by atoms with Crippen LogP contribution in [-0.2, 0) is 16.6 Å². The van der Waals surface area contributed by atoms with Gasteiger partial charge in [-0.2, -0.15) is 5.10 Å². The van der Waals surface area contributed by atoms with Gasteiger partial charge in [0.05, 0.1) is 22.3 Å². The highest BCUT2D eigenvalue weighted by molar-refractivity contribution is 7.89. The van der Waals surface area contributed by atoms with Crippen molar-refractivity contribution in [2.24, 2.45) is 0 Å². The topological polar surface area (TPSA) is 55.2 Å². The summed E-state index contributed by atoms with van der Waals surface area (Å²) >= 11 is 7.39. The fourth-order valence-corrected chi connectivity index (χ4v) is 4.73. The summed E-state index contributed by atoms with van der Waals surface area (Å²) in [5, 5.41) is 4.37. The van der Waals surface area contributed by atoms with E-state index in [1.54, 1.807) is 32.5 Å². The average Bonchev–Trinajstić information content (AvgIpc) is 2.93. The zero-order valence-corrected chi connectivity index (χ0v) is 14.8. The van der Waals surface area contributed by atoms with Crippen LogP contribution in [0.1, 0.15) is 23.2 Å². The van der Waals surface area contributed by atoms with Gasteiger partial charge >= 0.3 is 0 Å². The Labute approximate surface area is 134 Å². The molecule has 21 heavy (non-hydrogen) atoms. The van der Waals surface area contributed by atoms with E-state index in [4.69, 9.17) is 11.6 Å². The van der Waals surface area contributed by atoms with E-state index in [9.17, 15) is 8.42 Å². The van der Waals surface area contributed by atoms with Crippen molar-refractivity contribution in [2.75, 3.05) is 13.6 Å². The van der Waals surface area contributed by atoms with Gasteiger partial charge in [-0.1, -0.05) is 18.5 Å². The molecule has 0 radical (unpaired) electrons. The van der Waals surface area contributed by atoms with Gasteiger partial charge in [-0.15, -0.1) is 11.3 Å². The van der Waals surface area contributed by atoms with Crippen LogP contribution in [0, 0.1) is 13.8 Å². The molecule has 0 unspecified atom stereocenters. The molecular formula is C13H18ClN3O2S2. The van der Waals surface area contributed by atoms with E-state index in [0.717, 1.165) is 4.88 Å². The van der Waals surface area contributed by atoms with Crippen molar-refractivity contribution in [1.82, 2.24) is 14.1 Å². The zero-order chi connectivity index (χ0) is 15.8. The van der Waals surface area contributed by atoms with Crippen molar-refractivity contribution in [3.63, 3.8) is 0 Å². The van der Waals surface area contributed by atoms with E-state index >= 15 is 0 Å². The first-order chi connectivity index (χ1) is 9.77. The normalized spacial score (nSPS) is 12.3. The SMILES string of the molecule is CCN(C)S(=O)(=O)c1c(C)nn(Cc2ccc(Cl)s2)c1C. The quantitative estimate of drug-likeness (QED) is 0.835. The summed E-state index contributed by atoms with van der Waals surface area (Å²) < 4.78 is 28.8. The molecule has 0 amide bonds.